The third-order valence-electron chi connectivity index (χ3n) is 3.18. The van der Waals surface area contributed by atoms with E-state index in [0.717, 1.165) is 0 Å². The normalized spacial score (nSPS) is 13.4. The number of thioether (sulfide) groups is 1. The molecule has 0 fully saturated rings. The quantitative estimate of drug-likeness (QED) is 0.146. The fourth-order valence-electron chi connectivity index (χ4n) is 2.12. The molecule has 1 aromatic carbocycles. The van der Waals surface area contributed by atoms with E-state index >= 15 is 0 Å². The SMILES string of the molecule is NC(=NO)c1nn(-c2c(Cl)cc(C(F)(F)F)cc2Cl)c(C=NO)c1SC(F)(F)F. The maximum atomic E-state index is 13.0. The molecular formula is C13H7Cl2F6N5O2S. The fraction of sp³-hybridized carbons (Fsp3) is 0.154. The van der Waals surface area contributed by atoms with E-state index in [1.807, 2.05) is 0 Å². The first-order valence-corrected chi connectivity index (χ1v) is 8.48. The molecule has 4 N–H and O–H groups in total. The van der Waals surface area contributed by atoms with Crippen molar-refractivity contribution in [3.8, 4) is 5.69 Å². The first-order chi connectivity index (χ1) is 13.3. The number of alkyl halides is 6. The average Bonchev–Trinajstić information content (AvgIpc) is 2.90. The van der Waals surface area contributed by atoms with E-state index < -0.39 is 66.9 Å². The van der Waals surface area contributed by atoms with Gasteiger partial charge in [0, 0.05) is 0 Å². The van der Waals surface area contributed by atoms with Crippen molar-refractivity contribution < 1.29 is 36.8 Å². The molecule has 0 amide bonds. The summed E-state index contributed by atoms with van der Waals surface area (Å²) in [4.78, 5) is -0.780. The molecule has 1 heterocycles. The lowest BCUT2D eigenvalue weighted by Gasteiger charge is -2.13. The molecule has 0 atom stereocenters. The molecule has 0 aliphatic rings. The number of amidine groups is 1. The Balaban J connectivity index is 2.86. The highest BCUT2D eigenvalue weighted by Gasteiger charge is 2.36. The van der Waals surface area contributed by atoms with Crippen LogP contribution in [-0.2, 0) is 6.18 Å². The minimum Gasteiger partial charge on any atom is -0.411 e. The van der Waals surface area contributed by atoms with Crippen LogP contribution in [0.4, 0.5) is 26.3 Å². The van der Waals surface area contributed by atoms with Crippen molar-refractivity contribution in [3.05, 3.63) is 39.1 Å². The molecule has 29 heavy (non-hydrogen) atoms. The second kappa shape index (κ2) is 8.20. The van der Waals surface area contributed by atoms with Crippen molar-refractivity contribution in [3.63, 3.8) is 0 Å². The Morgan fingerprint density at radius 2 is 1.69 bits per heavy atom. The van der Waals surface area contributed by atoms with E-state index in [9.17, 15) is 26.3 Å². The number of halogens is 8. The van der Waals surface area contributed by atoms with E-state index in [1.165, 1.54) is 0 Å². The highest BCUT2D eigenvalue weighted by atomic mass is 35.5. The van der Waals surface area contributed by atoms with Crippen molar-refractivity contribution in [1.29, 1.82) is 0 Å². The van der Waals surface area contributed by atoms with Gasteiger partial charge in [0.05, 0.1) is 26.7 Å². The minimum atomic E-state index is -4.88. The van der Waals surface area contributed by atoms with Crippen LogP contribution in [-0.4, -0.2) is 37.8 Å². The highest BCUT2D eigenvalue weighted by molar-refractivity contribution is 8.00. The molecule has 16 heteroatoms. The lowest BCUT2D eigenvalue weighted by atomic mass is 10.2. The summed E-state index contributed by atoms with van der Waals surface area (Å²) in [6.45, 7) is 0. The van der Waals surface area contributed by atoms with Gasteiger partial charge in [-0.1, -0.05) is 33.5 Å². The van der Waals surface area contributed by atoms with Crippen LogP contribution in [0.2, 0.25) is 10.0 Å². The predicted molar refractivity (Wildman–Crippen MR) is 92.4 cm³/mol. The van der Waals surface area contributed by atoms with Gasteiger partial charge >= 0.3 is 11.7 Å². The van der Waals surface area contributed by atoms with Gasteiger partial charge in [0.25, 0.3) is 0 Å². The van der Waals surface area contributed by atoms with Gasteiger partial charge in [-0.05, 0) is 23.9 Å². The summed E-state index contributed by atoms with van der Waals surface area (Å²) in [7, 11) is 0. The number of nitrogens with two attached hydrogens (primary N) is 1. The van der Waals surface area contributed by atoms with Gasteiger partial charge in [-0.25, -0.2) is 4.68 Å². The lowest BCUT2D eigenvalue weighted by Crippen LogP contribution is -2.16. The number of hydrogen-bond acceptors (Lipinski definition) is 6. The van der Waals surface area contributed by atoms with Crippen LogP contribution in [0.15, 0.2) is 27.3 Å². The number of oxime groups is 2. The van der Waals surface area contributed by atoms with Crippen LogP contribution in [0.3, 0.4) is 0 Å². The van der Waals surface area contributed by atoms with E-state index in [-0.39, 0.29) is 0 Å². The lowest BCUT2D eigenvalue weighted by molar-refractivity contribution is -0.137. The molecule has 0 spiro atoms. The van der Waals surface area contributed by atoms with Crippen molar-refractivity contribution in [2.45, 2.75) is 16.6 Å². The van der Waals surface area contributed by atoms with Crippen LogP contribution in [0, 0.1) is 0 Å². The number of benzene rings is 1. The van der Waals surface area contributed by atoms with Crippen molar-refractivity contribution >= 4 is 47.0 Å². The zero-order valence-electron chi connectivity index (χ0n) is 13.4. The molecule has 0 saturated carbocycles. The van der Waals surface area contributed by atoms with Crippen LogP contribution >= 0.6 is 35.0 Å². The molecule has 0 unspecified atom stereocenters. The van der Waals surface area contributed by atoms with Gasteiger partial charge < -0.3 is 16.1 Å². The Hall–Kier alpha value is -2.32. The molecule has 2 aromatic rings. The zero-order valence-corrected chi connectivity index (χ0v) is 15.8. The number of aromatic nitrogens is 2. The summed E-state index contributed by atoms with van der Waals surface area (Å²) >= 11 is 11.0. The maximum absolute atomic E-state index is 13.0. The maximum Gasteiger partial charge on any atom is 0.446 e. The van der Waals surface area contributed by atoms with Crippen molar-refractivity contribution in [2.75, 3.05) is 0 Å². The van der Waals surface area contributed by atoms with Gasteiger partial charge in [0.15, 0.2) is 5.84 Å². The molecule has 0 saturated heterocycles. The molecule has 0 radical (unpaired) electrons. The van der Waals surface area contributed by atoms with E-state index in [1.54, 1.807) is 0 Å². The third-order valence-corrected chi connectivity index (χ3v) is 4.59. The third kappa shape index (κ3) is 5.00. The summed E-state index contributed by atoms with van der Waals surface area (Å²) in [5, 5.41) is 25.3. The van der Waals surface area contributed by atoms with Crippen molar-refractivity contribution in [1.82, 2.24) is 9.78 Å². The van der Waals surface area contributed by atoms with E-state index in [0.29, 0.717) is 23.0 Å². The molecule has 0 aliphatic heterocycles. The largest absolute Gasteiger partial charge is 0.446 e. The van der Waals surface area contributed by atoms with Crippen LogP contribution in [0.1, 0.15) is 17.0 Å². The zero-order chi connectivity index (χ0) is 22.1. The molecule has 1 aromatic heterocycles. The first kappa shape index (κ1) is 23.0. The predicted octanol–water partition coefficient (Wildman–Crippen LogP) is 4.71. The van der Waals surface area contributed by atoms with Crippen LogP contribution in [0.5, 0.6) is 0 Å². The van der Waals surface area contributed by atoms with E-state index in [4.69, 9.17) is 39.4 Å². The van der Waals surface area contributed by atoms with Gasteiger partial charge in [-0.3, -0.25) is 0 Å². The Morgan fingerprint density at radius 3 is 2.10 bits per heavy atom. The van der Waals surface area contributed by atoms with Gasteiger partial charge in [0.2, 0.25) is 0 Å². The van der Waals surface area contributed by atoms with Gasteiger partial charge in [0.1, 0.15) is 17.1 Å². The summed E-state index contributed by atoms with van der Waals surface area (Å²) in [5.74, 6) is -0.859. The molecule has 0 bridgehead atoms. The molecule has 2 rings (SSSR count). The summed E-state index contributed by atoms with van der Waals surface area (Å²) in [6, 6.07) is 0.952. The monoisotopic (exact) mass is 481 g/mol. The molecule has 0 aliphatic carbocycles. The standard InChI is InChI=1S/C13H7Cl2F6N5O2S/c14-5-1-4(12(16,17)18)2-6(15)9(5)26-7(3-23-27)10(29-13(19,20)21)8(24-26)11(22)25-28/h1-3,27-28H,(H2,22,25). The number of hydrogen-bond donors (Lipinski definition) is 3. The van der Waals surface area contributed by atoms with Crippen LogP contribution < -0.4 is 5.73 Å². The summed E-state index contributed by atoms with van der Waals surface area (Å²) < 4.78 is 78.2. The molecule has 158 valence electrons. The second-order valence-corrected chi connectivity index (χ2v) is 6.93. The van der Waals surface area contributed by atoms with Gasteiger partial charge in [-0.2, -0.15) is 31.4 Å². The van der Waals surface area contributed by atoms with E-state index in [2.05, 4.69) is 15.4 Å². The van der Waals surface area contributed by atoms with Crippen molar-refractivity contribution in [2.24, 2.45) is 16.0 Å². The Kier molecular flexibility index (Phi) is 6.49. The van der Waals surface area contributed by atoms with Crippen LogP contribution in [0.25, 0.3) is 5.69 Å². The highest BCUT2D eigenvalue weighted by Crippen LogP contribution is 2.43. The Bertz CT molecular complexity index is 966. The smallest absolute Gasteiger partial charge is 0.411 e. The Morgan fingerprint density at radius 1 is 1.14 bits per heavy atom. The average molecular weight is 482 g/mol. The molecule has 7 nitrogen and oxygen atoms in total. The summed E-state index contributed by atoms with van der Waals surface area (Å²) in [6.07, 6.45) is -4.30. The minimum absolute atomic E-state index is 0.461. The first-order valence-electron chi connectivity index (χ1n) is 6.90. The Labute approximate surface area is 171 Å². The summed E-state index contributed by atoms with van der Waals surface area (Å²) in [5.41, 5.74) is -2.52. The molecular weight excluding hydrogens is 475 g/mol. The number of nitrogens with zero attached hydrogens (tertiary/aromatic N) is 4. The topological polar surface area (TPSA) is 109 Å². The number of rotatable bonds is 4. The van der Waals surface area contributed by atoms with Gasteiger partial charge in [-0.15, -0.1) is 0 Å². The fourth-order valence-corrected chi connectivity index (χ4v) is 3.48. The second-order valence-electron chi connectivity index (χ2n) is 5.04.